The van der Waals surface area contributed by atoms with E-state index in [1.807, 2.05) is 24.3 Å². The van der Waals surface area contributed by atoms with Crippen molar-refractivity contribution in [1.82, 2.24) is 5.32 Å². The predicted molar refractivity (Wildman–Crippen MR) is 108 cm³/mol. The highest BCUT2D eigenvalue weighted by atomic mass is 19.4. The van der Waals surface area contributed by atoms with E-state index in [2.05, 4.69) is 10.6 Å². The smallest absolute Gasteiger partial charge is 0.416 e. The van der Waals surface area contributed by atoms with E-state index in [0.29, 0.717) is 19.6 Å². The second kappa shape index (κ2) is 10.3. The molecule has 30 heavy (non-hydrogen) atoms. The number of amides is 1. The number of alkyl halides is 3. The molecule has 0 aliphatic carbocycles. The van der Waals surface area contributed by atoms with Crippen molar-refractivity contribution < 1.29 is 27.4 Å². The fraction of sp³-hybridized carbons (Fsp3) is 0.409. The topological polar surface area (TPSA) is 59.6 Å². The SMILES string of the molecule is O=C(CCCCCNCC1COc2ccccc2O1)Nc1cccc(C(F)(F)F)c1. The molecule has 162 valence electrons. The Balaban J connectivity index is 1.26. The molecule has 0 spiro atoms. The number of benzene rings is 2. The van der Waals surface area contributed by atoms with Crippen LogP contribution in [0.15, 0.2) is 48.5 Å². The lowest BCUT2D eigenvalue weighted by Gasteiger charge is -2.26. The zero-order chi connectivity index (χ0) is 21.4. The summed E-state index contributed by atoms with van der Waals surface area (Å²) in [5.74, 6) is 1.23. The number of fused-ring (bicyclic) bond motifs is 1. The largest absolute Gasteiger partial charge is 0.486 e. The van der Waals surface area contributed by atoms with Gasteiger partial charge in [0.05, 0.1) is 5.56 Å². The van der Waals surface area contributed by atoms with Crippen LogP contribution >= 0.6 is 0 Å². The molecule has 1 aliphatic rings. The molecule has 3 rings (SSSR count). The molecule has 0 saturated heterocycles. The van der Waals surface area contributed by atoms with Crippen LogP contribution < -0.4 is 20.1 Å². The number of hydrogen-bond donors (Lipinski definition) is 2. The molecule has 1 aliphatic heterocycles. The van der Waals surface area contributed by atoms with E-state index < -0.39 is 11.7 Å². The highest BCUT2D eigenvalue weighted by Crippen LogP contribution is 2.31. The Hall–Kier alpha value is -2.74. The number of hydrogen-bond acceptors (Lipinski definition) is 4. The molecular formula is C22H25F3N2O3. The number of carbonyl (C=O) groups excluding carboxylic acids is 1. The first-order valence-corrected chi connectivity index (χ1v) is 9.98. The summed E-state index contributed by atoms with van der Waals surface area (Å²) < 4.78 is 49.6. The zero-order valence-electron chi connectivity index (χ0n) is 16.5. The van der Waals surface area contributed by atoms with Gasteiger partial charge in [-0.05, 0) is 49.7 Å². The Labute approximate surface area is 173 Å². The van der Waals surface area contributed by atoms with Crippen LogP contribution in [0, 0.1) is 0 Å². The van der Waals surface area contributed by atoms with Gasteiger partial charge in [0.1, 0.15) is 12.7 Å². The Morgan fingerprint density at radius 1 is 1.03 bits per heavy atom. The summed E-state index contributed by atoms with van der Waals surface area (Å²) >= 11 is 0. The van der Waals surface area contributed by atoms with Crippen LogP contribution in [0.1, 0.15) is 31.2 Å². The van der Waals surface area contributed by atoms with E-state index in [4.69, 9.17) is 9.47 Å². The first-order chi connectivity index (χ1) is 14.4. The maximum absolute atomic E-state index is 12.7. The van der Waals surface area contributed by atoms with E-state index >= 15 is 0 Å². The molecule has 8 heteroatoms. The van der Waals surface area contributed by atoms with Crippen molar-refractivity contribution in [3.63, 3.8) is 0 Å². The second-order valence-corrected chi connectivity index (χ2v) is 7.14. The third-order valence-corrected chi connectivity index (χ3v) is 4.67. The van der Waals surface area contributed by atoms with Crippen molar-refractivity contribution in [3.8, 4) is 11.5 Å². The zero-order valence-corrected chi connectivity index (χ0v) is 16.5. The lowest BCUT2D eigenvalue weighted by Crippen LogP contribution is -2.38. The van der Waals surface area contributed by atoms with Gasteiger partial charge >= 0.3 is 6.18 Å². The highest BCUT2D eigenvalue weighted by molar-refractivity contribution is 5.90. The summed E-state index contributed by atoms with van der Waals surface area (Å²) in [6.45, 7) is 1.96. The van der Waals surface area contributed by atoms with E-state index in [-0.39, 0.29) is 24.1 Å². The van der Waals surface area contributed by atoms with E-state index in [9.17, 15) is 18.0 Å². The normalized spacial score (nSPS) is 15.6. The minimum Gasteiger partial charge on any atom is -0.486 e. The fourth-order valence-corrected chi connectivity index (χ4v) is 3.14. The lowest BCUT2D eigenvalue weighted by atomic mass is 10.1. The third-order valence-electron chi connectivity index (χ3n) is 4.67. The van der Waals surface area contributed by atoms with Crippen LogP contribution in [0.2, 0.25) is 0 Å². The number of halogens is 3. The first kappa shape index (κ1) is 22.0. The summed E-state index contributed by atoms with van der Waals surface area (Å²) in [6.07, 6.45) is -1.80. The number of carbonyl (C=O) groups is 1. The number of para-hydroxylation sites is 2. The van der Waals surface area contributed by atoms with Gasteiger partial charge in [-0.1, -0.05) is 24.6 Å². The molecule has 1 unspecified atom stereocenters. The van der Waals surface area contributed by atoms with Gasteiger partial charge in [0.25, 0.3) is 0 Å². The monoisotopic (exact) mass is 422 g/mol. The molecule has 2 N–H and O–H groups in total. The van der Waals surface area contributed by atoms with E-state index in [1.165, 1.54) is 12.1 Å². The summed E-state index contributed by atoms with van der Waals surface area (Å²) in [7, 11) is 0. The summed E-state index contributed by atoms with van der Waals surface area (Å²) in [5.41, 5.74) is -0.616. The van der Waals surface area contributed by atoms with Crippen LogP contribution in [0.25, 0.3) is 0 Å². The average molecular weight is 422 g/mol. The van der Waals surface area contributed by atoms with Crippen LogP contribution in [-0.4, -0.2) is 31.7 Å². The van der Waals surface area contributed by atoms with Gasteiger partial charge in [-0.3, -0.25) is 4.79 Å². The maximum atomic E-state index is 12.7. The molecule has 1 amide bonds. The minimum atomic E-state index is -4.42. The van der Waals surface area contributed by atoms with Crippen molar-refractivity contribution in [1.29, 1.82) is 0 Å². The van der Waals surface area contributed by atoms with Gasteiger partial charge in [0.15, 0.2) is 11.5 Å². The van der Waals surface area contributed by atoms with Crippen molar-refractivity contribution in [3.05, 3.63) is 54.1 Å². The van der Waals surface area contributed by atoms with E-state index in [1.54, 1.807) is 0 Å². The average Bonchev–Trinajstić information content (AvgIpc) is 2.72. The molecule has 0 radical (unpaired) electrons. The summed E-state index contributed by atoms with van der Waals surface area (Å²) in [6, 6.07) is 12.2. The van der Waals surface area contributed by atoms with Gasteiger partial charge in [-0.15, -0.1) is 0 Å². The molecule has 0 fully saturated rings. The van der Waals surface area contributed by atoms with Gasteiger partial charge in [-0.25, -0.2) is 0 Å². The molecule has 0 aromatic heterocycles. The molecule has 5 nitrogen and oxygen atoms in total. The number of anilines is 1. The number of ether oxygens (including phenoxy) is 2. The van der Waals surface area contributed by atoms with E-state index in [0.717, 1.165) is 43.0 Å². The Morgan fingerprint density at radius 3 is 2.63 bits per heavy atom. The maximum Gasteiger partial charge on any atom is 0.416 e. The van der Waals surface area contributed by atoms with Crippen LogP contribution in [-0.2, 0) is 11.0 Å². The number of rotatable bonds is 9. The quantitative estimate of drug-likeness (QED) is 0.579. The third kappa shape index (κ3) is 6.66. The number of unbranched alkanes of at least 4 members (excludes halogenated alkanes) is 2. The van der Waals surface area contributed by atoms with Gasteiger partial charge in [-0.2, -0.15) is 13.2 Å². The summed E-state index contributed by atoms with van der Waals surface area (Å²) in [5, 5.41) is 5.84. The molecule has 2 aromatic carbocycles. The molecule has 0 bridgehead atoms. The van der Waals surface area contributed by atoms with Crippen molar-refractivity contribution >= 4 is 11.6 Å². The molecular weight excluding hydrogens is 397 g/mol. The number of nitrogens with one attached hydrogen (secondary N) is 2. The summed E-state index contributed by atoms with van der Waals surface area (Å²) in [4.78, 5) is 11.9. The first-order valence-electron chi connectivity index (χ1n) is 9.98. The Kier molecular flexibility index (Phi) is 7.57. The van der Waals surface area contributed by atoms with Gasteiger partial charge in [0.2, 0.25) is 5.91 Å². The Morgan fingerprint density at radius 2 is 1.83 bits per heavy atom. The fourth-order valence-electron chi connectivity index (χ4n) is 3.14. The van der Waals surface area contributed by atoms with Crippen molar-refractivity contribution in [2.24, 2.45) is 0 Å². The highest BCUT2D eigenvalue weighted by Gasteiger charge is 2.30. The molecule has 1 heterocycles. The Bertz CT molecular complexity index is 842. The van der Waals surface area contributed by atoms with Crippen LogP contribution in [0.5, 0.6) is 11.5 Å². The lowest BCUT2D eigenvalue weighted by molar-refractivity contribution is -0.137. The second-order valence-electron chi connectivity index (χ2n) is 7.14. The molecule has 0 saturated carbocycles. The van der Waals surface area contributed by atoms with Gasteiger partial charge in [0, 0.05) is 18.7 Å². The van der Waals surface area contributed by atoms with Crippen LogP contribution in [0.4, 0.5) is 18.9 Å². The predicted octanol–water partition coefficient (Wildman–Crippen LogP) is 4.63. The van der Waals surface area contributed by atoms with Crippen LogP contribution in [0.3, 0.4) is 0 Å². The van der Waals surface area contributed by atoms with Gasteiger partial charge < -0.3 is 20.1 Å². The minimum absolute atomic E-state index is 0.0434. The standard InChI is InChI=1S/C22H25F3N2O3/c23-22(24,25)16-7-6-8-17(13-16)27-21(28)11-2-1-5-12-26-14-18-15-29-19-9-3-4-10-20(19)30-18/h3-4,6-10,13,18,26H,1-2,5,11-12,14-15H2,(H,27,28). The van der Waals surface area contributed by atoms with Crippen molar-refractivity contribution in [2.45, 2.75) is 38.0 Å². The molecule has 2 aromatic rings. The van der Waals surface area contributed by atoms with Crippen molar-refractivity contribution in [2.75, 3.05) is 25.0 Å². The molecule has 1 atom stereocenters.